The lowest BCUT2D eigenvalue weighted by molar-refractivity contribution is 0.0521. The summed E-state index contributed by atoms with van der Waals surface area (Å²) in [4.78, 5) is 16.9. The number of carbonyl (C=O) groups excluding carboxylic acids is 1. The molecule has 0 saturated heterocycles. The second kappa shape index (κ2) is 8.32. The molecule has 0 radical (unpaired) electrons. The zero-order chi connectivity index (χ0) is 18.5. The van der Waals surface area contributed by atoms with E-state index in [0.717, 1.165) is 34.2 Å². The zero-order valence-corrected chi connectivity index (χ0v) is 16.1. The molecular weight excluding hydrogens is 346 g/mol. The molecule has 0 atom stereocenters. The standard InChI is InChI=1S/C21H23NO3S/c1-4-12-25-15-8-11-18-17(13-15)19(20(22-18)21(23)24-5-2)14-6-9-16(26-3)10-7-14/h6-11,13,22H,4-5,12H2,1-3H3. The molecule has 0 aliphatic carbocycles. The van der Waals surface area contributed by atoms with Crippen LogP contribution in [0, 0.1) is 0 Å². The highest BCUT2D eigenvalue weighted by Gasteiger charge is 2.20. The molecule has 0 fully saturated rings. The van der Waals surface area contributed by atoms with Crippen molar-refractivity contribution in [3.05, 3.63) is 48.2 Å². The quantitative estimate of drug-likeness (QED) is 0.440. The first-order valence-electron chi connectivity index (χ1n) is 8.78. The van der Waals surface area contributed by atoms with Crippen LogP contribution in [-0.2, 0) is 4.74 Å². The molecule has 2 aromatic carbocycles. The van der Waals surface area contributed by atoms with Gasteiger partial charge in [-0.1, -0.05) is 19.1 Å². The Morgan fingerprint density at radius 2 is 1.88 bits per heavy atom. The fourth-order valence-corrected chi connectivity index (χ4v) is 3.30. The Hall–Kier alpha value is -2.40. The molecule has 3 rings (SSSR count). The summed E-state index contributed by atoms with van der Waals surface area (Å²) in [7, 11) is 0. The van der Waals surface area contributed by atoms with Crippen LogP contribution in [0.15, 0.2) is 47.4 Å². The summed E-state index contributed by atoms with van der Waals surface area (Å²) in [6.07, 6.45) is 2.99. The van der Waals surface area contributed by atoms with Gasteiger partial charge >= 0.3 is 5.97 Å². The van der Waals surface area contributed by atoms with Gasteiger partial charge < -0.3 is 14.5 Å². The Morgan fingerprint density at radius 1 is 1.12 bits per heavy atom. The van der Waals surface area contributed by atoms with Crippen molar-refractivity contribution < 1.29 is 14.3 Å². The molecule has 1 aromatic heterocycles. The van der Waals surface area contributed by atoms with Crippen LogP contribution in [0.2, 0.25) is 0 Å². The van der Waals surface area contributed by atoms with Crippen molar-refractivity contribution in [3.8, 4) is 16.9 Å². The van der Waals surface area contributed by atoms with E-state index in [0.29, 0.717) is 18.9 Å². The van der Waals surface area contributed by atoms with Gasteiger partial charge in [0.15, 0.2) is 0 Å². The number of H-pyrrole nitrogens is 1. The largest absolute Gasteiger partial charge is 0.494 e. The average molecular weight is 369 g/mol. The SMILES string of the molecule is CCCOc1ccc2[nH]c(C(=O)OCC)c(-c3ccc(SC)cc3)c2c1. The number of fused-ring (bicyclic) bond motifs is 1. The van der Waals surface area contributed by atoms with Gasteiger partial charge in [-0.2, -0.15) is 0 Å². The lowest BCUT2D eigenvalue weighted by Crippen LogP contribution is -2.06. The predicted molar refractivity (Wildman–Crippen MR) is 107 cm³/mol. The maximum absolute atomic E-state index is 12.5. The van der Waals surface area contributed by atoms with Gasteiger partial charge in [0.05, 0.1) is 13.2 Å². The Morgan fingerprint density at radius 3 is 2.54 bits per heavy atom. The molecule has 0 bridgehead atoms. The highest BCUT2D eigenvalue weighted by molar-refractivity contribution is 7.98. The minimum absolute atomic E-state index is 0.337. The number of esters is 1. The number of thioether (sulfide) groups is 1. The summed E-state index contributed by atoms with van der Waals surface area (Å²) in [6, 6.07) is 14.1. The Labute approximate surface area is 157 Å². The smallest absolute Gasteiger partial charge is 0.355 e. The minimum Gasteiger partial charge on any atom is -0.494 e. The molecule has 1 heterocycles. The minimum atomic E-state index is -0.344. The van der Waals surface area contributed by atoms with Crippen molar-refractivity contribution in [2.45, 2.75) is 25.2 Å². The van der Waals surface area contributed by atoms with E-state index in [-0.39, 0.29) is 5.97 Å². The van der Waals surface area contributed by atoms with Gasteiger partial charge in [0.2, 0.25) is 0 Å². The third-order valence-corrected chi connectivity index (χ3v) is 4.84. The monoisotopic (exact) mass is 369 g/mol. The number of aromatic nitrogens is 1. The van der Waals surface area contributed by atoms with Gasteiger partial charge in [-0.15, -0.1) is 11.8 Å². The summed E-state index contributed by atoms with van der Waals surface area (Å²) >= 11 is 1.69. The van der Waals surface area contributed by atoms with Crippen molar-refractivity contribution in [1.82, 2.24) is 4.98 Å². The van der Waals surface area contributed by atoms with Crippen LogP contribution >= 0.6 is 11.8 Å². The molecule has 0 aliphatic rings. The zero-order valence-electron chi connectivity index (χ0n) is 15.3. The lowest BCUT2D eigenvalue weighted by Gasteiger charge is -2.07. The highest BCUT2D eigenvalue weighted by Crippen LogP contribution is 2.35. The van der Waals surface area contributed by atoms with E-state index in [4.69, 9.17) is 9.47 Å². The highest BCUT2D eigenvalue weighted by atomic mass is 32.2. The van der Waals surface area contributed by atoms with Gasteiger partial charge in [-0.05, 0) is 55.5 Å². The maximum Gasteiger partial charge on any atom is 0.355 e. The molecule has 0 aliphatic heterocycles. The van der Waals surface area contributed by atoms with Crippen molar-refractivity contribution >= 4 is 28.6 Å². The van der Waals surface area contributed by atoms with Crippen molar-refractivity contribution in [2.24, 2.45) is 0 Å². The van der Waals surface area contributed by atoms with Crippen LogP contribution in [0.4, 0.5) is 0 Å². The number of carbonyl (C=O) groups is 1. The van der Waals surface area contributed by atoms with E-state index in [1.807, 2.05) is 43.5 Å². The number of benzene rings is 2. The van der Waals surface area contributed by atoms with E-state index < -0.39 is 0 Å². The number of ether oxygens (including phenoxy) is 2. The number of aromatic amines is 1. The molecule has 26 heavy (non-hydrogen) atoms. The topological polar surface area (TPSA) is 51.3 Å². The molecule has 0 unspecified atom stereocenters. The van der Waals surface area contributed by atoms with Gasteiger partial charge in [-0.3, -0.25) is 0 Å². The molecular formula is C21H23NO3S. The Bertz CT molecular complexity index is 900. The van der Waals surface area contributed by atoms with E-state index in [1.165, 1.54) is 4.90 Å². The van der Waals surface area contributed by atoms with Crippen LogP contribution in [0.25, 0.3) is 22.0 Å². The van der Waals surface area contributed by atoms with Crippen LogP contribution in [0.1, 0.15) is 30.8 Å². The predicted octanol–water partition coefficient (Wildman–Crippen LogP) is 5.52. The van der Waals surface area contributed by atoms with Crippen LogP contribution in [0.5, 0.6) is 5.75 Å². The number of rotatable bonds is 7. The molecule has 3 aromatic rings. The third-order valence-electron chi connectivity index (χ3n) is 4.10. The first-order valence-corrected chi connectivity index (χ1v) is 10.0. The normalized spacial score (nSPS) is 10.9. The summed E-state index contributed by atoms with van der Waals surface area (Å²) < 4.78 is 11.0. The van der Waals surface area contributed by atoms with E-state index in [1.54, 1.807) is 11.8 Å². The average Bonchev–Trinajstić information content (AvgIpc) is 3.05. The summed E-state index contributed by atoms with van der Waals surface area (Å²) in [5.74, 6) is 0.458. The van der Waals surface area contributed by atoms with Gasteiger partial charge in [0.1, 0.15) is 11.4 Å². The van der Waals surface area contributed by atoms with Crippen molar-refractivity contribution in [2.75, 3.05) is 19.5 Å². The van der Waals surface area contributed by atoms with Gasteiger partial charge in [0, 0.05) is 21.4 Å². The molecule has 4 nitrogen and oxygen atoms in total. The fraction of sp³-hybridized carbons (Fsp3) is 0.286. The number of hydrogen-bond acceptors (Lipinski definition) is 4. The summed E-state index contributed by atoms with van der Waals surface area (Å²) in [6.45, 7) is 4.89. The Kier molecular flexibility index (Phi) is 5.89. The van der Waals surface area contributed by atoms with E-state index in [9.17, 15) is 4.79 Å². The number of nitrogens with one attached hydrogen (secondary N) is 1. The van der Waals surface area contributed by atoms with Gasteiger partial charge in [0.25, 0.3) is 0 Å². The Balaban J connectivity index is 2.16. The van der Waals surface area contributed by atoms with Crippen molar-refractivity contribution in [1.29, 1.82) is 0 Å². The molecule has 5 heteroatoms. The molecule has 0 saturated carbocycles. The summed E-state index contributed by atoms with van der Waals surface area (Å²) in [5, 5.41) is 0.957. The summed E-state index contributed by atoms with van der Waals surface area (Å²) in [5.41, 5.74) is 3.20. The second-order valence-corrected chi connectivity index (χ2v) is 6.76. The maximum atomic E-state index is 12.5. The molecule has 136 valence electrons. The van der Waals surface area contributed by atoms with Crippen LogP contribution in [0.3, 0.4) is 0 Å². The van der Waals surface area contributed by atoms with Crippen LogP contribution < -0.4 is 4.74 Å². The first kappa shape index (κ1) is 18.4. The van der Waals surface area contributed by atoms with Gasteiger partial charge in [-0.25, -0.2) is 4.79 Å². The third kappa shape index (κ3) is 3.73. The lowest BCUT2D eigenvalue weighted by atomic mass is 10.0. The van der Waals surface area contributed by atoms with E-state index >= 15 is 0 Å². The molecule has 1 N–H and O–H groups in total. The fourth-order valence-electron chi connectivity index (χ4n) is 2.89. The second-order valence-electron chi connectivity index (χ2n) is 5.88. The van der Waals surface area contributed by atoms with Crippen molar-refractivity contribution in [3.63, 3.8) is 0 Å². The number of hydrogen-bond donors (Lipinski definition) is 1. The molecule has 0 spiro atoms. The van der Waals surface area contributed by atoms with Crippen LogP contribution in [-0.4, -0.2) is 30.4 Å². The first-order chi connectivity index (χ1) is 12.7. The van der Waals surface area contributed by atoms with E-state index in [2.05, 4.69) is 24.0 Å². The molecule has 0 amide bonds.